The molecule has 0 amide bonds. The first kappa shape index (κ1) is 13.5. The van der Waals surface area contributed by atoms with E-state index in [-0.39, 0.29) is 0 Å². The fourth-order valence-corrected chi connectivity index (χ4v) is 2.62. The zero-order chi connectivity index (χ0) is 13.0. The second-order valence-electron chi connectivity index (χ2n) is 4.18. The van der Waals surface area contributed by atoms with Crippen molar-refractivity contribution >= 4 is 23.1 Å². The summed E-state index contributed by atoms with van der Waals surface area (Å²) in [7, 11) is 0. The average Bonchev–Trinajstić information content (AvgIpc) is 2.81. The molecule has 2 aromatic rings. The molecule has 1 heterocycles. The van der Waals surface area contributed by atoms with Crippen LogP contribution in [0.1, 0.15) is 35.6 Å². The second kappa shape index (κ2) is 6.27. The molecular formula is C13H15ClN2OS. The van der Waals surface area contributed by atoms with E-state index >= 15 is 0 Å². The van der Waals surface area contributed by atoms with Crippen molar-refractivity contribution in [1.82, 2.24) is 9.59 Å². The lowest BCUT2D eigenvalue weighted by Crippen LogP contribution is -2.03. The number of halogens is 1. The zero-order valence-electron chi connectivity index (χ0n) is 10.1. The SMILES string of the molecule is CCCc1nnsc1C(O)Cc1ccc(Cl)cc1. The Kier molecular flexibility index (Phi) is 4.69. The Morgan fingerprint density at radius 2 is 2.06 bits per heavy atom. The third-order valence-electron chi connectivity index (χ3n) is 2.72. The summed E-state index contributed by atoms with van der Waals surface area (Å²) in [6.07, 6.45) is 1.90. The summed E-state index contributed by atoms with van der Waals surface area (Å²) in [4.78, 5) is 0.881. The van der Waals surface area contributed by atoms with Crippen LogP contribution in [-0.2, 0) is 12.8 Å². The molecule has 96 valence electrons. The first-order chi connectivity index (χ1) is 8.70. The molecule has 0 saturated heterocycles. The van der Waals surface area contributed by atoms with Gasteiger partial charge in [0.2, 0.25) is 0 Å². The highest BCUT2D eigenvalue weighted by atomic mass is 35.5. The van der Waals surface area contributed by atoms with Crippen LogP contribution in [-0.4, -0.2) is 14.7 Å². The van der Waals surface area contributed by atoms with Gasteiger partial charge in [0, 0.05) is 11.4 Å². The number of hydrogen-bond acceptors (Lipinski definition) is 4. The average molecular weight is 283 g/mol. The van der Waals surface area contributed by atoms with E-state index in [1.54, 1.807) is 0 Å². The third-order valence-corrected chi connectivity index (χ3v) is 3.84. The number of aliphatic hydroxyl groups is 1. The van der Waals surface area contributed by atoms with E-state index in [0.717, 1.165) is 29.0 Å². The van der Waals surface area contributed by atoms with Crippen molar-refractivity contribution in [2.75, 3.05) is 0 Å². The first-order valence-corrected chi connectivity index (χ1v) is 7.09. The molecule has 1 aromatic carbocycles. The lowest BCUT2D eigenvalue weighted by atomic mass is 10.1. The Bertz CT molecular complexity index is 498. The maximum atomic E-state index is 10.2. The third kappa shape index (κ3) is 3.28. The van der Waals surface area contributed by atoms with Gasteiger partial charge in [-0.25, -0.2) is 0 Å². The number of aryl methyl sites for hydroxylation is 1. The van der Waals surface area contributed by atoms with Gasteiger partial charge in [0.15, 0.2) is 0 Å². The lowest BCUT2D eigenvalue weighted by molar-refractivity contribution is 0.181. The second-order valence-corrected chi connectivity index (χ2v) is 5.40. The van der Waals surface area contributed by atoms with E-state index in [4.69, 9.17) is 11.6 Å². The van der Waals surface area contributed by atoms with Crippen molar-refractivity contribution in [3.05, 3.63) is 45.4 Å². The van der Waals surface area contributed by atoms with Crippen LogP contribution in [0.3, 0.4) is 0 Å². The minimum absolute atomic E-state index is 0.535. The fraction of sp³-hybridized carbons (Fsp3) is 0.385. The molecule has 1 N–H and O–H groups in total. The molecule has 1 atom stereocenters. The normalized spacial score (nSPS) is 12.6. The minimum Gasteiger partial charge on any atom is -0.387 e. The number of rotatable bonds is 5. The van der Waals surface area contributed by atoms with Crippen LogP contribution in [0.25, 0.3) is 0 Å². The van der Waals surface area contributed by atoms with Gasteiger partial charge in [-0.2, -0.15) is 0 Å². The molecule has 0 fully saturated rings. The monoisotopic (exact) mass is 282 g/mol. The maximum absolute atomic E-state index is 10.2. The maximum Gasteiger partial charge on any atom is 0.0957 e. The first-order valence-electron chi connectivity index (χ1n) is 5.94. The summed E-state index contributed by atoms with van der Waals surface area (Å²) in [5, 5.41) is 15.0. The van der Waals surface area contributed by atoms with E-state index in [9.17, 15) is 5.11 Å². The van der Waals surface area contributed by atoms with Gasteiger partial charge in [-0.1, -0.05) is 41.6 Å². The van der Waals surface area contributed by atoms with Crippen molar-refractivity contribution in [2.24, 2.45) is 0 Å². The highest BCUT2D eigenvalue weighted by molar-refractivity contribution is 7.05. The Balaban J connectivity index is 2.09. The van der Waals surface area contributed by atoms with Gasteiger partial charge in [0.05, 0.1) is 16.7 Å². The highest BCUT2D eigenvalue weighted by Gasteiger charge is 2.16. The summed E-state index contributed by atoms with van der Waals surface area (Å²) in [5.41, 5.74) is 1.98. The standard InChI is InChI=1S/C13H15ClN2OS/c1-2-3-11-13(18-16-15-11)12(17)8-9-4-6-10(14)7-5-9/h4-7,12,17H,2-3,8H2,1H3. The molecule has 0 aliphatic heterocycles. The van der Waals surface area contributed by atoms with Crippen LogP contribution in [0.15, 0.2) is 24.3 Å². The van der Waals surface area contributed by atoms with Crippen molar-refractivity contribution in [1.29, 1.82) is 0 Å². The van der Waals surface area contributed by atoms with Gasteiger partial charge in [0.25, 0.3) is 0 Å². The van der Waals surface area contributed by atoms with Crippen LogP contribution < -0.4 is 0 Å². The van der Waals surface area contributed by atoms with E-state index in [1.807, 2.05) is 24.3 Å². The van der Waals surface area contributed by atoms with E-state index < -0.39 is 6.10 Å². The van der Waals surface area contributed by atoms with Gasteiger partial charge >= 0.3 is 0 Å². The summed E-state index contributed by atoms with van der Waals surface area (Å²) in [5.74, 6) is 0. The molecule has 5 heteroatoms. The van der Waals surface area contributed by atoms with Gasteiger partial charge in [-0.05, 0) is 35.6 Å². The van der Waals surface area contributed by atoms with Crippen LogP contribution in [0.2, 0.25) is 5.02 Å². The zero-order valence-corrected chi connectivity index (χ0v) is 11.7. The molecule has 0 aliphatic rings. The predicted molar refractivity (Wildman–Crippen MR) is 74.0 cm³/mol. The van der Waals surface area contributed by atoms with Gasteiger partial charge < -0.3 is 5.11 Å². The van der Waals surface area contributed by atoms with Crippen molar-refractivity contribution in [3.8, 4) is 0 Å². The molecule has 0 radical (unpaired) electrons. The molecule has 0 aliphatic carbocycles. The quantitative estimate of drug-likeness (QED) is 0.914. The Labute approximate surface area is 116 Å². The highest BCUT2D eigenvalue weighted by Crippen LogP contribution is 2.25. The van der Waals surface area contributed by atoms with Gasteiger partial charge in [-0.3, -0.25) is 0 Å². The lowest BCUT2D eigenvalue weighted by Gasteiger charge is -2.09. The van der Waals surface area contributed by atoms with Crippen LogP contribution in [0, 0.1) is 0 Å². The Morgan fingerprint density at radius 3 is 2.72 bits per heavy atom. The Hall–Kier alpha value is -0.970. The molecule has 2 rings (SSSR count). The van der Waals surface area contributed by atoms with E-state index in [0.29, 0.717) is 11.4 Å². The summed E-state index contributed by atoms with van der Waals surface area (Å²) in [6.45, 7) is 2.09. The van der Waals surface area contributed by atoms with Crippen molar-refractivity contribution < 1.29 is 5.11 Å². The number of benzene rings is 1. The van der Waals surface area contributed by atoms with Gasteiger partial charge in [-0.15, -0.1) is 5.10 Å². The molecule has 1 aromatic heterocycles. The van der Waals surface area contributed by atoms with Crippen LogP contribution in [0.5, 0.6) is 0 Å². The number of aliphatic hydroxyl groups excluding tert-OH is 1. The fourth-order valence-electron chi connectivity index (χ4n) is 1.82. The summed E-state index contributed by atoms with van der Waals surface area (Å²) in [6, 6.07) is 7.53. The molecule has 18 heavy (non-hydrogen) atoms. The molecule has 0 spiro atoms. The van der Waals surface area contributed by atoms with Crippen molar-refractivity contribution in [3.63, 3.8) is 0 Å². The van der Waals surface area contributed by atoms with E-state index in [2.05, 4.69) is 16.5 Å². The Morgan fingerprint density at radius 1 is 1.33 bits per heavy atom. The largest absolute Gasteiger partial charge is 0.387 e. The molecule has 0 bridgehead atoms. The molecular weight excluding hydrogens is 268 g/mol. The topological polar surface area (TPSA) is 46.0 Å². The predicted octanol–water partition coefficient (Wildman–Crippen LogP) is 3.42. The number of aromatic nitrogens is 2. The van der Waals surface area contributed by atoms with Crippen LogP contribution >= 0.6 is 23.1 Å². The summed E-state index contributed by atoms with van der Waals surface area (Å²) < 4.78 is 3.93. The smallest absolute Gasteiger partial charge is 0.0957 e. The van der Waals surface area contributed by atoms with Crippen LogP contribution in [0.4, 0.5) is 0 Å². The molecule has 3 nitrogen and oxygen atoms in total. The molecule has 0 saturated carbocycles. The minimum atomic E-state index is -0.535. The summed E-state index contributed by atoms with van der Waals surface area (Å²) >= 11 is 7.12. The van der Waals surface area contributed by atoms with E-state index in [1.165, 1.54) is 11.5 Å². The number of nitrogens with zero attached hydrogens (tertiary/aromatic N) is 2. The molecule has 1 unspecified atom stereocenters. The van der Waals surface area contributed by atoms with Gasteiger partial charge in [0.1, 0.15) is 0 Å². The van der Waals surface area contributed by atoms with Crippen molar-refractivity contribution in [2.45, 2.75) is 32.3 Å². The number of hydrogen-bond donors (Lipinski definition) is 1.